The Labute approximate surface area is 173 Å². The van der Waals surface area contributed by atoms with Crippen molar-refractivity contribution in [3.05, 3.63) is 48.0 Å². The molecule has 2 N–H and O–H groups in total. The summed E-state index contributed by atoms with van der Waals surface area (Å²) in [6.07, 6.45) is 0.491. The molecule has 1 aromatic heterocycles. The molecule has 1 unspecified atom stereocenters. The fraction of sp³-hybridized carbons (Fsp3) is 0.286. The van der Waals surface area contributed by atoms with Gasteiger partial charge in [-0.25, -0.2) is 0 Å². The van der Waals surface area contributed by atoms with Gasteiger partial charge < -0.3 is 19.9 Å². The Morgan fingerprint density at radius 1 is 1.17 bits per heavy atom. The van der Waals surface area contributed by atoms with Crippen LogP contribution in [0.3, 0.4) is 0 Å². The van der Waals surface area contributed by atoms with E-state index in [1.807, 2.05) is 31.2 Å². The maximum Gasteiger partial charge on any atom is 0.247 e. The number of hydrogen-bond donors (Lipinski definition) is 2. The number of fused-ring (bicyclic) bond motifs is 3. The first-order chi connectivity index (χ1) is 14.2. The molecule has 2 aromatic carbocycles. The highest BCUT2D eigenvalue weighted by atomic mass is 32.2. The molecular formula is C21H22N4O3S. The second-order valence-corrected chi connectivity index (χ2v) is 7.51. The second-order valence-electron chi connectivity index (χ2n) is 6.44. The van der Waals surface area contributed by atoms with E-state index >= 15 is 0 Å². The number of hydrogen-bond acceptors (Lipinski definition) is 8. The Balaban J connectivity index is 1.76. The zero-order valence-electron chi connectivity index (χ0n) is 16.3. The van der Waals surface area contributed by atoms with Gasteiger partial charge >= 0.3 is 0 Å². The van der Waals surface area contributed by atoms with Gasteiger partial charge in [0.2, 0.25) is 11.0 Å². The number of thioether (sulfide) groups is 1. The zero-order valence-corrected chi connectivity index (χ0v) is 17.1. The van der Waals surface area contributed by atoms with Crippen molar-refractivity contribution in [2.24, 2.45) is 0 Å². The molecule has 0 amide bonds. The first-order valence-electron chi connectivity index (χ1n) is 9.55. The molecule has 1 aliphatic rings. The number of phenols is 1. The Bertz CT molecular complexity index is 1010. The molecule has 1 aliphatic heterocycles. The van der Waals surface area contributed by atoms with Crippen molar-refractivity contribution < 1.29 is 14.6 Å². The van der Waals surface area contributed by atoms with Gasteiger partial charge in [-0.3, -0.25) is 0 Å². The first-order valence-corrected chi connectivity index (χ1v) is 10.5. The molecule has 1 atom stereocenters. The SMILES string of the molecule is CCCSc1nnc2c(n1)OC(c1ccc(O)c(OCC)c1)Nc1ccccc1-2. The number of para-hydroxylation sites is 1. The normalized spacial score (nSPS) is 14.8. The van der Waals surface area contributed by atoms with Crippen molar-refractivity contribution in [2.75, 3.05) is 17.7 Å². The molecule has 0 aliphatic carbocycles. The molecule has 0 spiro atoms. The summed E-state index contributed by atoms with van der Waals surface area (Å²) in [6, 6.07) is 13.0. The average molecular weight is 410 g/mol. The molecule has 3 aromatic rings. The summed E-state index contributed by atoms with van der Waals surface area (Å²) in [7, 11) is 0. The minimum absolute atomic E-state index is 0.0901. The lowest BCUT2D eigenvalue weighted by atomic mass is 10.1. The summed E-state index contributed by atoms with van der Waals surface area (Å²) in [6.45, 7) is 4.44. The van der Waals surface area contributed by atoms with Crippen molar-refractivity contribution in [2.45, 2.75) is 31.7 Å². The van der Waals surface area contributed by atoms with Crippen LogP contribution in [0.4, 0.5) is 5.69 Å². The van der Waals surface area contributed by atoms with Crippen LogP contribution < -0.4 is 14.8 Å². The third-order valence-electron chi connectivity index (χ3n) is 4.36. The van der Waals surface area contributed by atoms with Crippen LogP contribution in [0.1, 0.15) is 32.1 Å². The maximum absolute atomic E-state index is 10.0. The summed E-state index contributed by atoms with van der Waals surface area (Å²) in [5, 5.41) is 22.7. The third-order valence-corrected chi connectivity index (χ3v) is 5.40. The molecule has 29 heavy (non-hydrogen) atoms. The Hall–Kier alpha value is -3.00. The van der Waals surface area contributed by atoms with Gasteiger partial charge in [0.05, 0.1) is 6.61 Å². The van der Waals surface area contributed by atoms with Crippen molar-refractivity contribution in [1.29, 1.82) is 0 Å². The number of ether oxygens (including phenoxy) is 2. The van der Waals surface area contributed by atoms with E-state index in [9.17, 15) is 5.11 Å². The van der Waals surface area contributed by atoms with Crippen LogP contribution >= 0.6 is 11.8 Å². The zero-order chi connectivity index (χ0) is 20.2. The van der Waals surface area contributed by atoms with Gasteiger partial charge in [0.15, 0.2) is 23.4 Å². The summed E-state index contributed by atoms with van der Waals surface area (Å²) in [5.74, 6) is 1.83. The van der Waals surface area contributed by atoms with Crippen molar-refractivity contribution in [3.63, 3.8) is 0 Å². The largest absolute Gasteiger partial charge is 0.504 e. The number of benzene rings is 2. The van der Waals surface area contributed by atoms with Crippen molar-refractivity contribution >= 4 is 17.4 Å². The molecule has 7 nitrogen and oxygen atoms in total. The number of rotatable bonds is 6. The fourth-order valence-electron chi connectivity index (χ4n) is 3.02. The highest BCUT2D eigenvalue weighted by molar-refractivity contribution is 7.99. The van der Waals surface area contributed by atoms with Crippen LogP contribution in [0, 0.1) is 0 Å². The molecule has 0 bridgehead atoms. The number of aromatic nitrogens is 3. The summed E-state index contributed by atoms with van der Waals surface area (Å²) in [4.78, 5) is 4.61. The lowest BCUT2D eigenvalue weighted by molar-refractivity contribution is 0.224. The minimum Gasteiger partial charge on any atom is -0.504 e. The summed E-state index contributed by atoms with van der Waals surface area (Å²) < 4.78 is 11.8. The van der Waals surface area contributed by atoms with Gasteiger partial charge in [-0.15, -0.1) is 10.2 Å². The highest BCUT2D eigenvalue weighted by Gasteiger charge is 2.26. The summed E-state index contributed by atoms with van der Waals surface area (Å²) in [5.41, 5.74) is 3.14. The Morgan fingerprint density at radius 2 is 2.03 bits per heavy atom. The standard InChI is InChI=1S/C21H22N4O3S/c1-3-11-29-21-23-20-18(24-25-21)14-7-5-6-8-15(14)22-19(28-20)13-9-10-16(26)17(12-13)27-4-2/h5-10,12,19,22,26H,3-4,11H2,1-2H3. The predicted molar refractivity (Wildman–Crippen MR) is 113 cm³/mol. The highest BCUT2D eigenvalue weighted by Crippen LogP contribution is 2.40. The van der Waals surface area contributed by atoms with E-state index in [4.69, 9.17) is 9.47 Å². The second kappa shape index (κ2) is 8.57. The number of nitrogens with one attached hydrogen (secondary N) is 1. The monoisotopic (exact) mass is 410 g/mol. The van der Waals surface area contributed by atoms with E-state index in [1.165, 1.54) is 0 Å². The fourth-order valence-corrected chi connectivity index (χ4v) is 3.65. The van der Waals surface area contributed by atoms with E-state index in [0.29, 0.717) is 29.1 Å². The topological polar surface area (TPSA) is 89.4 Å². The van der Waals surface area contributed by atoms with Crippen LogP contribution in [0.15, 0.2) is 47.6 Å². The summed E-state index contributed by atoms with van der Waals surface area (Å²) >= 11 is 1.55. The molecule has 0 fully saturated rings. The minimum atomic E-state index is -0.530. The molecular weight excluding hydrogens is 388 g/mol. The van der Waals surface area contributed by atoms with E-state index in [0.717, 1.165) is 29.0 Å². The predicted octanol–water partition coefficient (Wildman–Crippen LogP) is 4.65. The number of anilines is 1. The number of aromatic hydroxyl groups is 1. The third kappa shape index (κ3) is 4.07. The molecule has 0 saturated heterocycles. The van der Waals surface area contributed by atoms with Crippen LogP contribution in [-0.4, -0.2) is 32.6 Å². The molecule has 0 radical (unpaired) electrons. The number of phenolic OH excluding ortho intramolecular Hbond substituents is 1. The van der Waals surface area contributed by atoms with Crippen LogP contribution in [0.5, 0.6) is 17.4 Å². The van der Waals surface area contributed by atoms with Gasteiger partial charge in [-0.1, -0.05) is 36.9 Å². The van der Waals surface area contributed by atoms with Crippen molar-refractivity contribution in [1.82, 2.24) is 15.2 Å². The van der Waals surface area contributed by atoms with Gasteiger partial charge in [0.25, 0.3) is 0 Å². The molecule has 0 saturated carbocycles. The van der Waals surface area contributed by atoms with Crippen LogP contribution in [0.2, 0.25) is 0 Å². The quantitative estimate of drug-likeness (QED) is 0.568. The average Bonchev–Trinajstić information content (AvgIpc) is 2.90. The molecule has 4 rings (SSSR count). The van der Waals surface area contributed by atoms with Gasteiger partial charge in [0, 0.05) is 22.6 Å². The van der Waals surface area contributed by atoms with E-state index in [2.05, 4.69) is 27.4 Å². The van der Waals surface area contributed by atoms with E-state index in [-0.39, 0.29) is 5.75 Å². The van der Waals surface area contributed by atoms with Crippen LogP contribution in [0.25, 0.3) is 11.3 Å². The lowest BCUT2D eigenvalue weighted by Crippen LogP contribution is -2.17. The van der Waals surface area contributed by atoms with Crippen molar-refractivity contribution in [3.8, 4) is 28.6 Å². The Kier molecular flexibility index (Phi) is 5.71. The lowest BCUT2D eigenvalue weighted by Gasteiger charge is -2.20. The molecule has 150 valence electrons. The van der Waals surface area contributed by atoms with Crippen LogP contribution in [-0.2, 0) is 0 Å². The van der Waals surface area contributed by atoms with Gasteiger partial charge in [-0.2, -0.15) is 4.98 Å². The maximum atomic E-state index is 10.0. The Morgan fingerprint density at radius 3 is 2.86 bits per heavy atom. The smallest absolute Gasteiger partial charge is 0.247 e. The van der Waals surface area contributed by atoms with E-state index < -0.39 is 6.23 Å². The van der Waals surface area contributed by atoms with Gasteiger partial charge in [-0.05, 0) is 37.6 Å². The van der Waals surface area contributed by atoms with E-state index in [1.54, 1.807) is 30.0 Å². The molecule has 2 heterocycles. The van der Waals surface area contributed by atoms with Gasteiger partial charge in [0.1, 0.15) is 0 Å². The number of nitrogens with zero attached hydrogens (tertiary/aromatic N) is 3. The molecule has 8 heteroatoms. The first kappa shape index (κ1) is 19.3.